The quantitative estimate of drug-likeness (QED) is 0.912. The van der Waals surface area contributed by atoms with Crippen LogP contribution in [0.4, 0.5) is 5.13 Å². The molecule has 0 saturated carbocycles. The molecule has 2 aromatic rings. The summed E-state index contributed by atoms with van der Waals surface area (Å²) in [7, 11) is 0. The minimum Gasteiger partial charge on any atom is -0.306 e. The minimum absolute atomic E-state index is 0.0265. The number of carbonyl (C=O) groups excluding carboxylic acids is 1. The molecule has 1 amide bonds. The van der Waals surface area contributed by atoms with Crippen molar-refractivity contribution >= 4 is 22.4 Å². The molecule has 0 bridgehead atoms. The fraction of sp³-hybridized carbons (Fsp3) is 0.333. The van der Waals surface area contributed by atoms with Crippen molar-refractivity contribution in [2.24, 2.45) is 0 Å². The largest absolute Gasteiger partial charge is 0.306 e. The number of aromatic nitrogens is 1. The molecular formula is C15H17N3OS. The summed E-state index contributed by atoms with van der Waals surface area (Å²) in [5.41, 5.74) is 1.97. The number of benzene rings is 1. The zero-order valence-electron chi connectivity index (χ0n) is 11.1. The molecule has 2 N–H and O–H groups in total. The second-order valence-corrected chi connectivity index (χ2v) is 5.75. The summed E-state index contributed by atoms with van der Waals surface area (Å²) in [5.74, 6) is 0.0265. The Labute approximate surface area is 122 Å². The van der Waals surface area contributed by atoms with Gasteiger partial charge in [0, 0.05) is 10.9 Å². The second kappa shape index (κ2) is 6.15. The van der Waals surface area contributed by atoms with Crippen LogP contribution in [0.15, 0.2) is 35.7 Å². The van der Waals surface area contributed by atoms with Crippen molar-refractivity contribution in [3.8, 4) is 11.3 Å². The molecule has 0 unspecified atom stereocenters. The number of thiazole rings is 1. The predicted molar refractivity (Wildman–Crippen MR) is 81.8 cm³/mol. The van der Waals surface area contributed by atoms with Gasteiger partial charge < -0.3 is 10.6 Å². The minimum atomic E-state index is -0.0761. The maximum Gasteiger partial charge on any atom is 0.243 e. The van der Waals surface area contributed by atoms with Crippen molar-refractivity contribution in [1.29, 1.82) is 0 Å². The van der Waals surface area contributed by atoms with Crippen molar-refractivity contribution in [3.05, 3.63) is 35.7 Å². The Morgan fingerprint density at radius 2 is 2.15 bits per heavy atom. The first-order valence-electron chi connectivity index (χ1n) is 6.88. The van der Waals surface area contributed by atoms with Gasteiger partial charge in [0.05, 0.1) is 11.7 Å². The fourth-order valence-electron chi connectivity index (χ4n) is 2.34. The maximum absolute atomic E-state index is 12.1. The molecule has 2 heterocycles. The van der Waals surface area contributed by atoms with Gasteiger partial charge in [0.1, 0.15) is 0 Å². The molecule has 1 aromatic heterocycles. The van der Waals surface area contributed by atoms with Gasteiger partial charge in [0.2, 0.25) is 5.91 Å². The molecular weight excluding hydrogens is 270 g/mol. The molecule has 4 nitrogen and oxygen atoms in total. The molecule has 1 atom stereocenters. The van der Waals surface area contributed by atoms with Gasteiger partial charge in [-0.05, 0) is 19.4 Å². The summed E-state index contributed by atoms with van der Waals surface area (Å²) in [6.07, 6.45) is 3.17. The zero-order chi connectivity index (χ0) is 13.8. The number of rotatable bonds is 3. The fourth-order valence-corrected chi connectivity index (χ4v) is 3.06. The zero-order valence-corrected chi connectivity index (χ0v) is 12.0. The highest BCUT2D eigenvalue weighted by Gasteiger charge is 2.21. The van der Waals surface area contributed by atoms with Crippen LogP contribution >= 0.6 is 11.3 Å². The summed E-state index contributed by atoms with van der Waals surface area (Å²) in [6.45, 7) is 0.922. The van der Waals surface area contributed by atoms with Crippen LogP contribution in [0.25, 0.3) is 11.3 Å². The van der Waals surface area contributed by atoms with Crippen LogP contribution in [0.2, 0.25) is 0 Å². The molecule has 0 radical (unpaired) electrons. The molecule has 0 aliphatic carbocycles. The average molecular weight is 287 g/mol. The van der Waals surface area contributed by atoms with E-state index in [9.17, 15) is 4.79 Å². The molecule has 1 fully saturated rings. The van der Waals surface area contributed by atoms with Crippen LogP contribution in [0.3, 0.4) is 0 Å². The van der Waals surface area contributed by atoms with Gasteiger partial charge >= 0.3 is 0 Å². The lowest BCUT2D eigenvalue weighted by Gasteiger charge is -2.21. The number of nitrogens with zero attached hydrogens (tertiary/aromatic N) is 1. The number of hydrogen-bond donors (Lipinski definition) is 2. The molecule has 5 heteroatoms. The third kappa shape index (κ3) is 3.05. The highest BCUT2D eigenvalue weighted by molar-refractivity contribution is 7.14. The third-order valence-electron chi connectivity index (χ3n) is 3.43. The van der Waals surface area contributed by atoms with Crippen LogP contribution in [-0.4, -0.2) is 23.5 Å². The number of piperidine rings is 1. The van der Waals surface area contributed by atoms with E-state index in [1.807, 2.05) is 35.7 Å². The van der Waals surface area contributed by atoms with Crippen LogP contribution in [0, 0.1) is 0 Å². The van der Waals surface area contributed by atoms with Crippen molar-refractivity contribution in [2.75, 3.05) is 11.9 Å². The lowest BCUT2D eigenvalue weighted by atomic mass is 10.0. The van der Waals surface area contributed by atoms with E-state index in [-0.39, 0.29) is 11.9 Å². The Morgan fingerprint density at radius 3 is 2.90 bits per heavy atom. The van der Waals surface area contributed by atoms with Gasteiger partial charge in [-0.25, -0.2) is 4.98 Å². The molecule has 1 aromatic carbocycles. The number of anilines is 1. The van der Waals surface area contributed by atoms with Crippen LogP contribution in [-0.2, 0) is 4.79 Å². The highest BCUT2D eigenvalue weighted by Crippen LogP contribution is 2.24. The van der Waals surface area contributed by atoms with Crippen molar-refractivity contribution in [2.45, 2.75) is 25.3 Å². The van der Waals surface area contributed by atoms with Crippen LogP contribution in [0.5, 0.6) is 0 Å². The Morgan fingerprint density at radius 1 is 1.30 bits per heavy atom. The molecule has 1 aliphatic heterocycles. The standard InChI is InChI=1S/C15H17N3OS/c19-14(12-8-4-5-9-16-12)18-15-17-13(10-20-15)11-6-2-1-3-7-11/h1-3,6-7,10,12,16H,4-5,8-9H2,(H,17,18,19)/t12-/m0/s1. The van der Waals surface area contributed by atoms with Crippen LogP contribution in [0.1, 0.15) is 19.3 Å². The lowest BCUT2D eigenvalue weighted by Crippen LogP contribution is -2.43. The SMILES string of the molecule is O=C(Nc1nc(-c2ccccc2)cs1)[C@@H]1CCCCN1. The summed E-state index contributed by atoms with van der Waals surface area (Å²) < 4.78 is 0. The van der Waals surface area contributed by atoms with Crippen molar-refractivity contribution < 1.29 is 4.79 Å². The summed E-state index contributed by atoms with van der Waals surface area (Å²) >= 11 is 1.47. The number of nitrogens with one attached hydrogen (secondary N) is 2. The van der Waals surface area contributed by atoms with E-state index in [1.165, 1.54) is 11.3 Å². The van der Waals surface area contributed by atoms with Crippen molar-refractivity contribution in [3.63, 3.8) is 0 Å². The van der Waals surface area contributed by atoms with Crippen molar-refractivity contribution in [1.82, 2.24) is 10.3 Å². The van der Waals surface area contributed by atoms with Gasteiger partial charge in [-0.1, -0.05) is 36.8 Å². The van der Waals surface area contributed by atoms with Gasteiger partial charge in [-0.3, -0.25) is 4.79 Å². The lowest BCUT2D eigenvalue weighted by molar-refractivity contribution is -0.118. The van der Waals surface area contributed by atoms with E-state index >= 15 is 0 Å². The van der Waals surface area contributed by atoms with E-state index in [2.05, 4.69) is 15.6 Å². The highest BCUT2D eigenvalue weighted by atomic mass is 32.1. The normalized spacial score (nSPS) is 18.7. The molecule has 3 rings (SSSR count). The first-order chi connectivity index (χ1) is 9.83. The van der Waals surface area contributed by atoms with Gasteiger partial charge in [-0.2, -0.15) is 0 Å². The summed E-state index contributed by atoms with van der Waals surface area (Å²) in [4.78, 5) is 16.6. The monoisotopic (exact) mass is 287 g/mol. The van der Waals surface area contributed by atoms with Gasteiger partial charge in [0.15, 0.2) is 5.13 Å². The van der Waals surface area contributed by atoms with Gasteiger partial charge in [-0.15, -0.1) is 11.3 Å². The van der Waals surface area contributed by atoms with E-state index in [0.29, 0.717) is 5.13 Å². The Balaban J connectivity index is 1.66. The number of amides is 1. The van der Waals surface area contributed by atoms with Gasteiger partial charge in [0.25, 0.3) is 0 Å². The first kappa shape index (κ1) is 13.3. The summed E-state index contributed by atoms with van der Waals surface area (Å²) in [6, 6.07) is 9.91. The summed E-state index contributed by atoms with van der Waals surface area (Å²) in [5, 5.41) is 8.79. The van der Waals surface area contributed by atoms with E-state index < -0.39 is 0 Å². The second-order valence-electron chi connectivity index (χ2n) is 4.90. The molecule has 20 heavy (non-hydrogen) atoms. The van der Waals surface area contributed by atoms with E-state index in [1.54, 1.807) is 0 Å². The molecule has 1 aliphatic rings. The average Bonchev–Trinajstić information content (AvgIpc) is 2.97. The topological polar surface area (TPSA) is 54.0 Å². The molecule has 1 saturated heterocycles. The first-order valence-corrected chi connectivity index (χ1v) is 7.76. The Kier molecular flexibility index (Phi) is 4.08. The van der Waals surface area contributed by atoms with E-state index in [4.69, 9.17) is 0 Å². The third-order valence-corrected chi connectivity index (χ3v) is 4.19. The molecule has 0 spiro atoms. The molecule has 104 valence electrons. The smallest absolute Gasteiger partial charge is 0.243 e. The number of carbonyl (C=O) groups is 1. The number of hydrogen-bond acceptors (Lipinski definition) is 4. The predicted octanol–water partition coefficient (Wildman–Crippen LogP) is 2.89. The maximum atomic E-state index is 12.1. The van der Waals surface area contributed by atoms with Crippen LogP contribution < -0.4 is 10.6 Å². The Hall–Kier alpha value is -1.72. The van der Waals surface area contributed by atoms with E-state index in [0.717, 1.165) is 37.1 Å². The Bertz CT molecular complexity index is 576.